The Labute approximate surface area is 157 Å². The Bertz CT molecular complexity index is 964. The molecule has 0 spiro atoms. The van der Waals surface area contributed by atoms with Gasteiger partial charge in [-0.25, -0.2) is 4.39 Å². The lowest BCUT2D eigenvalue weighted by Crippen LogP contribution is -2.53. The highest BCUT2D eigenvalue weighted by atomic mass is 19.1. The van der Waals surface area contributed by atoms with Crippen LogP contribution < -0.4 is 5.32 Å². The second-order valence-electron chi connectivity index (χ2n) is 6.27. The molecule has 2 aromatic heterocycles. The van der Waals surface area contributed by atoms with Gasteiger partial charge in [-0.3, -0.25) is 9.78 Å². The van der Waals surface area contributed by atoms with Crippen LogP contribution in [0.4, 0.5) is 15.8 Å². The molecule has 27 heavy (non-hydrogen) atoms. The van der Waals surface area contributed by atoms with Gasteiger partial charge in [0.15, 0.2) is 0 Å². The number of aromatic amines is 1. The summed E-state index contributed by atoms with van der Waals surface area (Å²) in [6.45, 7) is 6.40. The molecule has 3 N–H and O–H groups in total. The standard InChI is InChI=1S/C18H17FN4O2.C2H6/c1-10-2-3-15(13(19)6-10)22-16-12-7-20-5-4-14(12)21-17(16)18(25)23-8-11(24)9-23;1-2/h2-7,11,21-22,24H,8-9H2,1H3;1-2H3. The molecule has 3 aromatic rings. The van der Waals surface area contributed by atoms with E-state index < -0.39 is 11.9 Å². The Kier molecular flexibility index (Phi) is 5.41. The Morgan fingerprint density at radius 3 is 2.74 bits per heavy atom. The number of nitrogens with zero attached hydrogens (tertiary/aromatic N) is 2. The summed E-state index contributed by atoms with van der Waals surface area (Å²) >= 11 is 0. The van der Waals surface area contributed by atoms with Gasteiger partial charge in [0, 0.05) is 30.9 Å². The fourth-order valence-corrected chi connectivity index (χ4v) is 2.96. The number of anilines is 2. The van der Waals surface area contributed by atoms with Crippen LogP contribution in [0.3, 0.4) is 0 Å². The van der Waals surface area contributed by atoms with Gasteiger partial charge in [0.2, 0.25) is 0 Å². The van der Waals surface area contributed by atoms with Crippen molar-refractivity contribution < 1.29 is 14.3 Å². The Morgan fingerprint density at radius 1 is 1.33 bits per heavy atom. The molecule has 0 atom stereocenters. The van der Waals surface area contributed by atoms with Crippen LogP contribution in [0.2, 0.25) is 0 Å². The predicted octanol–water partition coefficient (Wildman–Crippen LogP) is 3.60. The fraction of sp³-hybridized carbons (Fsp3) is 0.300. The van der Waals surface area contributed by atoms with Gasteiger partial charge >= 0.3 is 0 Å². The van der Waals surface area contributed by atoms with Gasteiger partial charge in [0.25, 0.3) is 5.91 Å². The number of pyridine rings is 1. The molecular formula is C20H23FN4O2. The minimum atomic E-state index is -0.485. The number of H-pyrrole nitrogens is 1. The highest BCUT2D eigenvalue weighted by Gasteiger charge is 2.32. The average molecular weight is 370 g/mol. The smallest absolute Gasteiger partial charge is 0.272 e. The summed E-state index contributed by atoms with van der Waals surface area (Å²) in [5, 5.41) is 13.2. The summed E-state index contributed by atoms with van der Waals surface area (Å²) in [4.78, 5) is 21.4. The number of β-amino-alcohol motifs (C(OH)–C–C–N with tert-alkyl or cyclic N) is 1. The molecule has 0 unspecified atom stereocenters. The van der Waals surface area contributed by atoms with E-state index in [2.05, 4.69) is 15.3 Å². The highest BCUT2D eigenvalue weighted by Crippen LogP contribution is 2.32. The van der Waals surface area contributed by atoms with E-state index in [1.807, 2.05) is 20.8 Å². The maximum Gasteiger partial charge on any atom is 0.272 e. The summed E-state index contributed by atoms with van der Waals surface area (Å²) < 4.78 is 14.2. The number of aryl methyl sites for hydroxylation is 1. The summed E-state index contributed by atoms with van der Waals surface area (Å²) in [6, 6.07) is 6.63. The Balaban J connectivity index is 0.00000102. The van der Waals surface area contributed by atoms with Gasteiger partial charge in [-0.15, -0.1) is 0 Å². The first-order chi connectivity index (χ1) is 13.0. The summed E-state index contributed by atoms with van der Waals surface area (Å²) in [5.74, 6) is -0.632. The zero-order valence-electron chi connectivity index (χ0n) is 15.6. The van der Waals surface area contributed by atoms with Crippen LogP contribution in [-0.4, -0.2) is 45.1 Å². The number of nitrogens with one attached hydrogen (secondary N) is 2. The van der Waals surface area contributed by atoms with Crippen molar-refractivity contribution in [1.29, 1.82) is 0 Å². The normalized spacial score (nSPS) is 13.7. The molecule has 1 aromatic carbocycles. The van der Waals surface area contributed by atoms with Gasteiger partial charge in [0.1, 0.15) is 11.5 Å². The molecule has 7 heteroatoms. The molecule has 0 radical (unpaired) electrons. The molecule has 1 fully saturated rings. The maximum absolute atomic E-state index is 14.2. The van der Waals surface area contributed by atoms with Crippen molar-refractivity contribution in [2.75, 3.05) is 18.4 Å². The van der Waals surface area contributed by atoms with E-state index in [-0.39, 0.29) is 11.6 Å². The van der Waals surface area contributed by atoms with E-state index in [1.54, 1.807) is 35.5 Å². The average Bonchev–Trinajstić information content (AvgIpc) is 3.01. The number of benzene rings is 1. The third-order valence-electron chi connectivity index (χ3n) is 4.35. The molecule has 0 aliphatic carbocycles. The van der Waals surface area contributed by atoms with Gasteiger partial charge in [0.05, 0.1) is 23.0 Å². The number of hydrogen-bond donors (Lipinski definition) is 3. The lowest BCUT2D eigenvalue weighted by atomic mass is 10.1. The number of hydrogen-bond acceptors (Lipinski definition) is 4. The number of aromatic nitrogens is 2. The Morgan fingerprint density at radius 2 is 2.07 bits per heavy atom. The van der Waals surface area contributed by atoms with Crippen LogP contribution in [0.1, 0.15) is 29.9 Å². The molecular weight excluding hydrogens is 347 g/mol. The molecule has 1 aliphatic heterocycles. The topological polar surface area (TPSA) is 81.3 Å². The number of aliphatic hydroxyl groups excluding tert-OH is 1. The molecule has 0 saturated carbocycles. The molecule has 6 nitrogen and oxygen atoms in total. The summed E-state index contributed by atoms with van der Waals surface area (Å²) in [7, 11) is 0. The first-order valence-corrected chi connectivity index (χ1v) is 8.99. The number of halogens is 1. The van der Waals surface area contributed by atoms with Crippen LogP contribution in [0, 0.1) is 12.7 Å². The minimum absolute atomic E-state index is 0.239. The number of amides is 1. The zero-order chi connectivity index (χ0) is 19.6. The summed E-state index contributed by atoms with van der Waals surface area (Å²) in [6.07, 6.45) is 2.76. The van der Waals surface area contributed by atoms with Crippen molar-refractivity contribution in [3.05, 3.63) is 53.7 Å². The van der Waals surface area contributed by atoms with E-state index in [1.165, 1.54) is 6.07 Å². The van der Waals surface area contributed by atoms with Crippen molar-refractivity contribution >= 4 is 28.2 Å². The fourth-order valence-electron chi connectivity index (χ4n) is 2.96. The third-order valence-corrected chi connectivity index (χ3v) is 4.35. The number of carbonyl (C=O) groups excluding carboxylic acids is 1. The van der Waals surface area contributed by atoms with Crippen LogP contribution in [0.25, 0.3) is 10.9 Å². The van der Waals surface area contributed by atoms with Crippen LogP contribution in [-0.2, 0) is 0 Å². The van der Waals surface area contributed by atoms with E-state index in [0.29, 0.717) is 29.9 Å². The second-order valence-corrected chi connectivity index (χ2v) is 6.27. The minimum Gasteiger partial charge on any atom is -0.389 e. The molecule has 1 aliphatic rings. The number of rotatable bonds is 3. The van der Waals surface area contributed by atoms with E-state index in [9.17, 15) is 14.3 Å². The monoisotopic (exact) mass is 370 g/mol. The Hall–Kier alpha value is -2.93. The molecule has 3 heterocycles. The van der Waals surface area contributed by atoms with Crippen LogP contribution in [0.5, 0.6) is 0 Å². The van der Waals surface area contributed by atoms with Gasteiger partial charge in [-0.1, -0.05) is 19.9 Å². The van der Waals surface area contributed by atoms with Crippen LogP contribution in [0.15, 0.2) is 36.7 Å². The first-order valence-electron chi connectivity index (χ1n) is 8.99. The second kappa shape index (κ2) is 7.75. The molecule has 142 valence electrons. The largest absolute Gasteiger partial charge is 0.389 e. The van der Waals surface area contributed by atoms with E-state index in [0.717, 1.165) is 11.1 Å². The lowest BCUT2D eigenvalue weighted by Gasteiger charge is -2.35. The molecule has 1 saturated heterocycles. The lowest BCUT2D eigenvalue weighted by molar-refractivity contribution is 0.00563. The molecule has 1 amide bonds. The number of likely N-dealkylation sites (tertiary alicyclic amines) is 1. The SMILES string of the molecule is CC.Cc1ccc(Nc2c(C(=O)N3CC(O)C3)[nH]c3ccncc23)c(F)c1. The maximum atomic E-state index is 14.2. The van der Waals surface area contributed by atoms with Gasteiger partial charge in [-0.2, -0.15) is 0 Å². The number of carbonyl (C=O) groups is 1. The van der Waals surface area contributed by atoms with Crippen molar-refractivity contribution in [2.45, 2.75) is 26.9 Å². The number of fused-ring (bicyclic) bond motifs is 1. The summed E-state index contributed by atoms with van der Waals surface area (Å²) in [5.41, 5.74) is 2.64. The quantitative estimate of drug-likeness (QED) is 0.658. The van der Waals surface area contributed by atoms with Crippen molar-refractivity contribution in [3.8, 4) is 0 Å². The van der Waals surface area contributed by atoms with Crippen molar-refractivity contribution in [2.24, 2.45) is 0 Å². The molecule has 0 bridgehead atoms. The third kappa shape index (κ3) is 3.64. The highest BCUT2D eigenvalue weighted by molar-refractivity contribution is 6.09. The van der Waals surface area contributed by atoms with E-state index >= 15 is 0 Å². The predicted molar refractivity (Wildman–Crippen MR) is 104 cm³/mol. The molecule has 4 rings (SSSR count). The zero-order valence-corrected chi connectivity index (χ0v) is 15.6. The van der Waals surface area contributed by atoms with Crippen molar-refractivity contribution in [3.63, 3.8) is 0 Å². The first kappa shape index (κ1) is 18.8. The van der Waals surface area contributed by atoms with Gasteiger partial charge < -0.3 is 20.3 Å². The van der Waals surface area contributed by atoms with Gasteiger partial charge in [-0.05, 0) is 30.7 Å². The van der Waals surface area contributed by atoms with E-state index in [4.69, 9.17) is 0 Å². The van der Waals surface area contributed by atoms with Crippen LogP contribution >= 0.6 is 0 Å². The number of aliphatic hydroxyl groups is 1. The van der Waals surface area contributed by atoms with Crippen molar-refractivity contribution in [1.82, 2.24) is 14.9 Å².